The minimum absolute atomic E-state index is 0.293. The Balaban J connectivity index is 1.39. The molecule has 0 radical (unpaired) electrons. The fraction of sp³-hybridized carbons (Fsp3) is 0.290. The summed E-state index contributed by atoms with van der Waals surface area (Å²) in [6, 6.07) is 19.0. The fourth-order valence-corrected chi connectivity index (χ4v) is 4.31. The number of fused-ring (bicyclic) bond motifs is 1. The summed E-state index contributed by atoms with van der Waals surface area (Å²) in [4.78, 5) is 0. The second-order valence-electron chi connectivity index (χ2n) is 9.24. The predicted molar refractivity (Wildman–Crippen MR) is 137 cm³/mol. The first kappa shape index (κ1) is 26.6. The molecule has 0 saturated heterocycles. The average molecular weight is 513 g/mol. The lowest BCUT2D eigenvalue weighted by Gasteiger charge is -2.11. The van der Waals surface area contributed by atoms with Crippen molar-refractivity contribution in [2.45, 2.75) is 51.6 Å². The summed E-state index contributed by atoms with van der Waals surface area (Å²) in [7, 11) is 0. The smallest absolute Gasteiger partial charge is 0.416 e. The topological polar surface area (TPSA) is 9.23 Å². The van der Waals surface area contributed by atoms with Gasteiger partial charge in [0.2, 0.25) is 0 Å². The van der Waals surface area contributed by atoms with E-state index in [1.54, 1.807) is 24.3 Å². The number of ether oxygens (including phenoxy) is 1. The minimum Gasteiger partial charge on any atom is -0.493 e. The molecule has 0 unspecified atom stereocenters. The molecule has 4 aromatic rings. The summed E-state index contributed by atoms with van der Waals surface area (Å²) in [6.45, 7) is 2.64. The van der Waals surface area contributed by atoms with Crippen molar-refractivity contribution in [3.05, 3.63) is 112 Å². The van der Waals surface area contributed by atoms with Gasteiger partial charge in [-0.1, -0.05) is 61.9 Å². The number of aryl methyl sites for hydroxylation is 4. The van der Waals surface area contributed by atoms with Gasteiger partial charge in [-0.05, 0) is 77.9 Å². The van der Waals surface area contributed by atoms with E-state index in [0.717, 1.165) is 41.5 Å². The van der Waals surface area contributed by atoms with Crippen molar-refractivity contribution < 1.29 is 26.7 Å². The lowest BCUT2D eigenvalue weighted by atomic mass is 9.97. The molecule has 6 heteroatoms. The van der Waals surface area contributed by atoms with Gasteiger partial charge >= 0.3 is 6.18 Å². The van der Waals surface area contributed by atoms with Gasteiger partial charge in [0.1, 0.15) is 17.4 Å². The maximum absolute atomic E-state index is 15.2. The summed E-state index contributed by atoms with van der Waals surface area (Å²) < 4.78 is 73.5. The molecule has 0 N–H and O–H groups in total. The molecule has 0 aromatic heterocycles. The lowest BCUT2D eigenvalue weighted by Crippen LogP contribution is -2.04. The van der Waals surface area contributed by atoms with Crippen LogP contribution in [0, 0.1) is 11.6 Å². The highest BCUT2D eigenvalue weighted by Gasteiger charge is 2.29. The van der Waals surface area contributed by atoms with E-state index in [1.165, 1.54) is 18.2 Å². The summed E-state index contributed by atoms with van der Waals surface area (Å²) in [5, 5.41) is 1.25. The number of alkyl halides is 3. The molecule has 0 amide bonds. The normalized spacial score (nSPS) is 11.7. The Kier molecular flexibility index (Phi) is 8.47. The number of rotatable bonds is 10. The van der Waals surface area contributed by atoms with Gasteiger partial charge in [0.15, 0.2) is 0 Å². The van der Waals surface area contributed by atoms with Crippen LogP contribution in [-0.2, 0) is 31.9 Å². The van der Waals surface area contributed by atoms with Gasteiger partial charge in [0.05, 0.1) is 12.2 Å². The summed E-state index contributed by atoms with van der Waals surface area (Å²) in [5.74, 6) is -0.0794. The number of unbranched alkanes of at least 4 members (excludes halogenated alkanes) is 1. The van der Waals surface area contributed by atoms with Gasteiger partial charge in [0, 0.05) is 11.5 Å². The Hall–Kier alpha value is -3.41. The van der Waals surface area contributed by atoms with Gasteiger partial charge < -0.3 is 4.74 Å². The van der Waals surface area contributed by atoms with E-state index in [0.29, 0.717) is 54.6 Å². The molecule has 1 nitrogen and oxygen atoms in total. The van der Waals surface area contributed by atoms with Crippen molar-refractivity contribution in [2.75, 3.05) is 6.61 Å². The molecule has 0 aliphatic carbocycles. The lowest BCUT2D eigenvalue weighted by molar-refractivity contribution is -0.137. The summed E-state index contributed by atoms with van der Waals surface area (Å²) in [5.41, 5.74) is 2.12. The van der Waals surface area contributed by atoms with Crippen molar-refractivity contribution in [1.29, 1.82) is 0 Å². The van der Waals surface area contributed by atoms with Gasteiger partial charge in [-0.15, -0.1) is 0 Å². The van der Waals surface area contributed by atoms with Crippen LogP contribution in [0.15, 0.2) is 72.8 Å². The number of halogens is 5. The zero-order valence-corrected chi connectivity index (χ0v) is 20.7. The molecule has 194 valence electrons. The molecule has 0 aliphatic heterocycles. The van der Waals surface area contributed by atoms with E-state index in [2.05, 4.69) is 6.92 Å². The standard InChI is InChI=1S/C31H29F5O/c1-2-3-18-37-27-16-13-23(29(32)20-27)9-5-22-8-17-28-25(19-22)12-11-24(30(28)33)10-4-21-6-14-26(15-7-21)31(34,35)36/h6-8,11-17,19-20H,2-5,9-10,18H2,1H3. The zero-order valence-electron chi connectivity index (χ0n) is 20.7. The molecule has 0 saturated carbocycles. The van der Waals surface area contributed by atoms with E-state index >= 15 is 4.39 Å². The van der Waals surface area contributed by atoms with Crippen LogP contribution in [-0.4, -0.2) is 6.61 Å². The Labute approximate surface area is 213 Å². The highest BCUT2D eigenvalue weighted by atomic mass is 19.4. The van der Waals surface area contributed by atoms with Crippen LogP contribution in [0.5, 0.6) is 5.75 Å². The maximum atomic E-state index is 15.2. The predicted octanol–water partition coefficient (Wildman–Crippen LogP) is 8.89. The van der Waals surface area contributed by atoms with Crippen molar-refractivity contribution >= 4 is 10.8 Å². The van der Waals surface area contributed by atoms with Crippen LogP contribution >= 0.6 is 0 Å². The third kappa shape index (κ3) is 6.88. The highest BCUT2D eigenvalue weighted by Crippen LogP contribution is 2.30. The molecule has 4 aromatic carbocycles. The monoisotopic (exact) mass is 512 g/mol. The fourth-order valence-electron chi connectivity index (χ4n) is 4.31. The molecular formula is C31H29F5O. The highest BCUT2D eigenvalue weighted by molar-refractivity contribution is 5.84. The molecule has 0 heterocycles. The SMILES string of the molecule is CCCCOc1ccc(CCc2ccc3c(F)c(CCc4ccc(C(F)(F)F)cc4)ccc3c2)c(F)c1. The van der Waals surface area contributed by atoms with E-state index < -0.39 is 11.7 Å². The Bertz CT molecular complexity index is 1340. The molecule has 4 rings (SSSR count). The van der Waals surface area contributed by atoms with Crippen LogP contribution in [0.3, 0.4) is 0 Å². The van der Waals surface area contributed by atoms with Crippen LogP contribution in [0.1, 0.15) is 47.6 Å². The van der Waals surface area contributed by atoms with E-state index in [1.807, 2.05) is 18.2 Å². The van der Waals surface area contributed by atoms with Crippen molar-refractivity contribution in [3.8, 4) is 5.75 Å². The Morgan fingerprint density at radius 3 is 2.08 bits per heavy atom. The first-order valence-electron chi connectivity index (χ1n) is 12.5. The minimum atomic E-state index is -4.37. The van der Waals surface area contributed by atoms with Gasteiger partial charge in [-0.25, -0.2) is 8.78 Å². The molecule has 0 atom stereocenters. The Morgan fingerprint density at radius 2 is 1.38 bits per heavy atom. The van der Waals surface area contributed by atoms with Crippen LogP contribution in [0.4, 0.5) is 22.0 Å². The second kappa shape index (κ2) is 11.8. The van der Waals surface area contributed by atoms with E-state index in [-0.39, 0.29) is 11.6 Å². The first-order chi connectivity index (χ1) is 17.7. The van der Waals surface area contributed by atoms with Gasteiger partial charge in [0.25, 0.3) is 0 Å². The molecule has 0 spiro atoms. The van der Waals surface area contributed by atoms with Crippen molar-refractivity contribution in [1.82, 2.24) is 0 Å². The van der Waals surface area contributed by atoms with Crippen molar-refractivity contribution in [2.24, 2.45) is 0 Å². The van der Waals surface area contributed by atoms with Crippen LogP contribution in [0.2, 0.25) is 0 Å². The molecule has 0 aliphatic rings. The van der Waals surface area contributed by atoms with Crippen LogP contribution in [0.25, 0.3) is 10.8 Å². The number of hydrogen-bond acceptors (Lipinski definition) is 1. The molecule has 0 fully saturated rings. The van der Waals surface area contributed by atoms with Gasteiger partial charge in [-0.3, -0.25) is 0 Å². The largest absolute Gasteiger partial charge is 0.493 e. The molecule has 0 bridgehead atoms. The van der Waals surface area contributed by atoms with E-state index in [4.69, 9.17) is 4.74 Å². The Morgan fingerprint density at radius 1 is 0.703 bits per heavy atom. The number of benzene rings is 4. The zero-order chi connectivity index (χ0) is 26.4. The molecular weight excluding hydrogens is 483 g/mol. The maximum Gasteiger partial charge on any atom is 0.416 e. The average Bonchev–Trinajstić information content (AvgIpc) is 2.88. The van der Waals surface area contributed by atoms with E-state index in [9.17, 15) is 17.6 Å². The van der Waals surface area contributed by atoms with Crippen LogP contribution < -0.4 is 4.74 Å². The first-order valence-corrected chi connectivity index (χ1v) is 12.5. The summed E-state index contributed by atoms with van der Waals surface area (Å²) >= 11 is 0. The number of hydrogen-bond donors (Lipinski definition) is 0. The summed E-state index contributed by atoms with van der Waals surface area (Å²) in [6.07, 6.45) is -0.490. The van der Waals surface area contributed by atoms with Gasteiger partial charge in [-0.2, -0.15) is 13.2 Å². The molecule has 37 heavy (non-hydrogen) atoms. The third-order valence-corrected chi connectivity index (χ3v) is 6.54. The third-order valence-electron chi connectivity index (χ3n) is 6.54. The second-order valence-corrected chi connectivity index (χ2v) is 9.24. The van der Waals surface area contributed by atoms with Crippen molar-refractivity contribution in [3.63, 3.8) is 0 Å². The quantitative estimate of drug-likeness (QED) is 0.152.